The molecule has 6 nitrogen and oxygen atoms in total. The van der Waals surface area contributed by atoms with E-state index in [1.807, 2.05) is 0 Å². The van der Waals surface area contributed by atoms with Gasteiger partial charge in [-0.25, -0.2) is 0 Å². The minimum absolute atomic E-state index is 0.0294. The maximum Gasteiger partial charge on any atom is 0.272 e. The van der Waals surface area contributed by atoms with Crippen LogP contribution in [0.1, 0.15) is 28.8 Å². The Morgan fingerprint density at radius 3 is 2.65 bits per heavy atom. The fraction of sp³-hybridized carbons (Fsp3) is 0.500. The number of rotatable bonds is 5. The Balaban J connectivity index is 2.20. The van der Waals surface area contributed by atoms with Crippen molar-refractivity contribution in [3.8, 4) is 0 Å². The third kappa shape index (κ3) is 2.80. The van der Waals surface area contributed by atoms with E-state index in [9.17, 15) is 14.9 Å². The van der Waals surface area contributed by atoms with E-state index in [1.165, 1.54) is 12.1 Å². The van der Waals surface area contributed by atoms with E-state index in [2.05, 4.69) is 0 Å². The summed E-state index contributed by atoms with van der Waals surface area (Å²) in [7, 11) is 1.74. The van der Waals surface area contributed by atoms with E-state index in [4.69, 9.17) is 5.73 Å². The van der Waals surface area contributed by atoms with Gasteiger partial charge in [0.2, 0.25) is 0 Å². The molecule has 0 heterocycles. The molecule has 1 aromatic carbocycles. The fourth-order valence-electron chi connectivity index (χ4n) is 2.50. The van der Waals surface area contributed by atoms with Crippen LogP contribution in [0.5, 0.6) is 0 Å². The average molecular weight is 277 g/mol. The molecule has 1 aliphatic rings. The number of carbonyl (C=O) groups is 1. The Bertz CT molecular complexity index is 540. The summed E-state index contributed by atoms with van der Waals surface area (Å²) in [6, 6.07) is 4.50. The quantitative estimate of drug-likeness (QED) is 0.655. The lowest BCUT2D eigenvalue weighted by Gasteiger charge is -2.27. The normalized spacial score (nSPS) is 15.8. The van der Waals surface area contributed by atoms with Crippen molar-refractivity contribution in [1.29, 1.82) is 0 Å². The Kier molecular flexibility index (Phi) is 4.04. The number of amides is 1. The summed E-state index contributed by atoms with van der Waals surface area (Å²) in [6.45, 7) is 2.08. The van der Waals surface area contributed by atoms with Crippen molar-refractivity contribution in [2.45, 2.75) is 25.8 Å². The van der Waals surface area contributed by atoms with Crippen LogP contribution >= 0.6 is 0 Å². The second-order valence-electron chi connectivity index (χ2n) is 5.31. The molecule has 1 amide bonds. The highest BCUT2D eigenvalue weighted by molar-refractivity contribution is 5.94. The van der Waals surface area contributed by atoms with Gasteiger partial charge in [0, 0.05) is 36.8 Å². The summed E-state index contributed by atoms with van der Waals surface area (Å²) >= 11 is 0. The molecule has 2 N–H and O–H groups in total. The zero-order valence-corrected chi connectivity index (χ0v) is 11.7. The monoisotopic (exact) mass is 277 g/mol. The molecule has 1 saturated carbocycles. The lowest BCUT2D eigenvalue weighted by Crippen LogP contribution is -2.43. The first kappa shape index (κ1) is 14.5. The van der Waals surface area contributed by atoms with Gasteiger partial charge in [0.15, 0.2) is 0 Å². The van der Waals surface area contributed by atoms with Gasteiger partial charge in [-0.1, -0.05) is 0 Å². The van der Waals surface area contributed by atoms with E-state index in [0.29, 0.717) is 23.6 Å². The zero-order chi connectivity index (χ0) is 14.9. The third-order valence-electron chi connectivity index (χ3n) is 3.87. The van der Waals surface area contributed by atoms with Gasteiger partial charge in [0.1, 0.15) is 0 Å². The number of nitro groups is 1. The Labute approximate surface area is 117 Å². The SMILES string of the molecule is Cc1cc(C(=O)N(C)C(CN)C2CC2)ccc1[N+](=O)[O-]. The van der Waals surface area contributed by atoms with E-state index in [1.54, 1.807) is 24.9 Å². The Morgan fingerprint density at radius 1 is 1.55 bits per heavy atom. The molecule has 1 aliphatic carbocycles. The molecule has 0 aromatic heterocycles. The van der Waals surface area contributed by atoms with Gasteiger partial charge in [-0.15, -0.1) is 0 Å². The molecular formula is C14H19N3O3. The van der Waals surface area contributed by atoms with Crippen molar-refractivity contribution in [3.63, 3.8) is 0 Å². The first-order chi connectivity index (χ1) is 9.45. The molecule has 0 saturated heterocycles. The number of nitro benzene ring substituents is 1. The molecule has 1 fully saturated rings. The number of benzene rings is 1. The van der Waals surface area contributed by atoms with Crippen LogP contribution < -0.4 is 5.73 Å². The highest BCUT2D eigenvalue weighted by atomic mass is 16.6. The largest absolute Gasteiger partial charge is 0.337 e. The number of hydrogen-bond donors (Lipinski definition) is 1. The van der Waals surface area contributed by atoms with Crippen LogP contribution in [0.15, 0.2) is 18.2 Å². The number of aryl methyl sites for hydroxylation is 1. The molecule has 108 valence electrons. The molecule has 0 radical (unpaired) electrons. The maximum absolute atomic E-state index is 12.4. The molecule has 0 bridgehead atoms. The van der Waals surface area contributed by atoms with Gasteiger partial charge < -0.3 is 10.6 Å². The standard InChI is InChI=1S/C14H19N3O3/c1-9-7-11(5-6-12(9)17(19)20)14(18)16(2)13(8-15)10-3-4-10/h5-7,10,13H,3-4,8,15H2,1-2H3. The van der Waals surface area contributed by atoms with Gasteiger partial charge in [-0.3, -0.25) is 14.9 Å². The van der Waals surface area contributed by atoms with Crippen molar-refractivity contribution in [2.75, 3.05) is 13.6 Å². The van der Waals surface area contributed by atoms with Gasteiger partial charge in [0.05, 0.1) is 4.92 Å². The number of nitrogens with two attached hydrogens (primary N) is 1. The second-order valence-corrected chi connectivity index (χ2v) is 5.31. The van der Waals surface area contributed by atoms with Crippen LogP contribution in [0.4, 0.5) is 5.69 Å². The zero-order valence-electron chi connectivity index (χ0n) is 11.7. The van der Waals surface area contributed by atoms with Crippen LogP contribution in [-0.4, -0.2) is 35.4 Å². The number of hydrogen-bond acceptors (Lipinski definition) is 4. The predicted octanol–water partition coefficient (Wildman–Crippen LogP) is 1.71. The van der Waals surface area contributed by atoms with Gasteiger partial charge in [0.25, 0.3) is 11.6 Å². The molecule has 6 heteroatoms. The fourth-order valence-corrected chi connectivity index (χ4v) is 2.50. The molecule has 1 atom stereocenters. The molecular weight excluding hydrogens is 258 g/mol. The smallest absolute Gasteiger partial charge is 0.272 e. The van der Waals surface area contributed by atoms with Gasteiger partial charge in [-0.05, 0) is 37.8 Å². The van der Waals surface area contributed by atoms with Crippen LogP contribution in [0.2, 0.25) is 0 Å². The molecule has 2 rings (SSSR count). The van der Waals surface area contributed by atoms with Gasteiger partial charge >= 0.3 is 0 Å². The first-order valence-corrected chi connectivity index (χ1v) is 6.68. The summed E-state index contributed by atoms with van der Waals surface area (Å²) < 4.78 is 0. The average Bonchev–Trinajstić information content (AvgIpc) is 3.22. The van der Waals surface area contributed by atoms with Crippen molar-refractivity contribution in [1.82, 2.24) is 4.90 Å². The number of nitrogens with zero attached hydrogens (tertiary/aromatic N) is 2. The maximum atomic E-state index is 12.4. The van der Waals surface area contributed by atoms with E-state index in [-0.39, 0.29) is 17.6 Å². The number of likely N-dealkylation sites (N-methyl/N-ethyl adjacent to an activating group) is 1. The Hall–Kier alpha value is -1.95. The van der Waals surface area contributed by atoms with Crippen LogP contribution in [0, 0.1) is 23.0 Å². The molecule has 1 unspecified atom stereocenters. The molecule has 1 aromatic rings. The predicted molar refractivity (Wildman–Crippen MR) is 75.5 cm³/mol. The summed E-state index contributed by atoms with van der Waals surface area (Å²) in [4.78, 5) is 24.4. The highest BCUT2D eigenvalue weighted by Gasteiger charge is 2.35. The molecule has 20 heavy (non-hydrogen) atoms. The highest BCUT2D eigenvalue weighted by Crippen LogP contribution is 2.35. The molecule has 0 aliphatic heterocycles. The van der Waals surface area contributed by atoms with Gasteiger partial charge in [-0.2, -0.15) is 0 Å². The van der Waals surface area contributed by atoms with Crippen LogP contribution in [0.25, 0.3) is 0 Å². The number of carbonyl (C=O) groups excluding carboxylic acids is 1. The van der Waals surface area contributed by atoms with Crippen molar-refractivity contribution in [2.24, 2.45) is 11.7 Å². The summed E-state index contributed by atoms with van der Waals surface area (Å²) in [5.41, 5.74) is 6.73. The summed E-state index contributed by atoms with van der Waals surface area (Å²) in [5.74, 6) is 0.360. The molecule has 0 spiro atoms. The third-order valence-corrected chi connectivity index (χ3v) is 3.87. The van der Waals surface area contributed by atoms with Crippen molar-refractivity contribution in [3.05, 3.63) is 39.4 Å². The van der Waals surface area contributed by atoms with Crippen molar-refractivity contribution >= 4 is 11.6 Å². The lowest BCUT2D eigenvalue weighted by molar-refractivity contribution is -0.385. The first-order valence-electron chi connectivity index (χ1n) is 6.68. The summed E-state index contributed by atoms with van der Waals surface area (Å²) in [5, 5.41) is 10.8. The topological polar surface area (TPSA) is 89.5 Å². The lowest BCUT2D eigenvalue weighted by atomic mass is 10.1. The van der Waals surface area contributed by atoms with E-state index < -0.39 is 4.92 Å². The summed E-state index contributed by atoms with van der Waals surface area (Å²) in [6.07, 6.45) is 2.22. The van der Waals surface area contributed by atoms with Crippen molar-refractivity contribution < 1.29 is 9.72 Å². The van der Waals surface area contributed by atoms with Crippen LogP contribution in [-0.2, 0) is 0 Å². The van der Waals surface area contributed by atoms with Crippen LogP contribution in [0.3, 0.4) is 0 Å². The second kappa shape index (κ2) is 5.58. The van der Waals surface area contributed by atoms with E-state index in [0.717, 1.165) is 12.8 Å². The Morgan fingerprint density at radius 2 is 2.20 bits per heavy atom. The minimum atomic E-state index is -0.444. The minimum Gasteiger partial charge on any atom is -0.337 e. The van der Waals surface area contributed by atoms with E-state index >= 15 is 0 Å².